The molecule has 1 fully saturated rings. The number of halogens is 1. The van der Waals surface area contributed by atoms with E-state index in [0.29, 0.717) is 22.8 Å². The van der Waals surface area contributed by atoms with E-state index >= 15 is 0 Å². The van der Waals surface area contributed by atoms with E-state index < -0.39 is 17.9 Å². The van der Waals surface area contributed by atoms with Crippen LogP contribution in [0.15, 0.2) is 109 Å². The third kappa shape index (κ3) is 7.76. The third-order valence-corrected chi connectivity index (χ3v) is 8.93. The van der Waals surface area contributed by atoms with Gasteiger partial charge in [-0.15, -0.1) is 0 Å². The molecular weight excluding hydrogens is 594 g/mol. The number of aliphatic carboxylic acids is 1. The standard InChI is InChI=1S/C39H38ClN3O3/c40-33-18-19-36(41-25-28-14-15-29-8-2-3-9-31(29)22-28)35(24-33)38(44)42-37(39(45)46)23-27-12-16-30(17-13-27)34-11-5-4-10-32(34)26-43-20-6-1-7-21-43/h2-5,8-19,22,24,37,41H,1,6-7,20-21,23,25-26H2,(H,42,44)(H,45,46). The van der Waals surface area contributed by atoms with Crippen LogP contribution < -0.4 is 10.6 Å². The molecule has 1 aliphatic rings. The normalized spacial score (nSPS) is 14.1. The van der Waals surface area contributed by atoms with Crippen LogP contribution in [0.3, 0.4) is 0 Å². The summed E-state index contributed by atoms with van der Waals surface area (Å²) in [7, 11) is 0. The Balaban J connectivity index is 1.13. The van der Waals surface area contributed by atoms with E-state index in [-0.39, 0.29) is 6.42 Å². The number of carboxylic acid groups (broad SMARTS) is 1. The zero-order valence-corrected chi connectivity index (χ0v) is 26.5. The molecule has 0 spiro atoms. The van der Waals surface area contributed by atoms with Gasteiger partial charge in [-0.2, -0.15) is 0 Å². The number of rotatable bonds is 11. The number of anilines is 1. The Morgan fingerprint density at radius 3 is 2.28 bits per heavy atom. The summed E-state index contributed by atoms with van der Waals surface area (Å²) < 4.78 is 0. The topological polar surface area (TPSA) is 81.7 Å². The lowest BCUT2D eigenvalue weighted by molar-refractivity contribution is -0.139. The highest BCUT2D eigenvalue weighted by molar-refractivity contribution is 6.31. The predicted molar refractivity (Wildman–Crippen MR) is 186 cm³/mol. The number of piperidine rings is 1. The number of hydrogen-bond acceptors (Lipinski definition) is 4. The van der Waals surface area contributed by atoms with Crippen molar-refractivity contribution in [2.45, 2.75) is 44.8 Å². The van der Waals surface area contributed by atoms with Gasteiger partial charge in [-0.05, 0) is 88.8 Å². The Kier molecular flexibility index (Phi) is 9.97. The monoisotopic (exact) mass is 631 g/mol. The van der Waals surface area contributed by atoms with Crippen LogP contribution in [0.25, 0.3) is 21.9 Å². The van der Waals surface area contributed by atoms with Crippen LogP contribution in [0.5, 0.6) is 0 Å². The van der Waals surface area contributed by atoms with E-state index in [0.717, 1.165) is 47.1 Å². The molecule has 1 unspecified atom stereocenters. The molecule has 46 heavy (non-hydrogen) atoms. The molecule has 234 valence electrons. The molecule has 1 amide bonds. The smallest absolute Gasteiger partial charge is 0.326 e. The molecule has 0 bridgehead atoms. The van der Waals surface area contributed by atoms with Crippen molar-refractivity contribution >= 4 is 39.9 Å². The quantitative estimate of drug-likeness (QED) is 0.137. The van der Waals surface area contributed by atoms with Crippen molar-refractivity contribution in [3.05, 3.63) is 136 Å². The number of benzene rings is 5. The maximum absolute atomic E-state index is 13.5. The second-order valence-electron chi connectivity index (χ2n) is 12.0. The van der Waals surface area contributed by atoms with Crippen molar-refractivity contribution in [3.8, 4) is 11.1 Å². The lowest BCUT2D eigenvalue weighted by Gasteiger charge is -2.27. The van der Waals surface area contributed by atoms with E-state index in [4.69, 9.17) is 11.6 Å². The van der Waals surface area contributed by atoms with Crippen LogP contribution >= 0.6 is 11.6 Å². The molecule has 3 N–H and O–H groups in total. The SMILES string of the molecule is O=C(NC(Cc1ccc(-c2ccccc2CN2CCCCC2)cc1)C(=O)O)c1cc(Cl)ccc1NCc1ccc2ccccc2c1. The molecule has 0 aromatic heterocycles. The number of nitrogens with zero attached hydrogens (tertiary/aromatic N) is 1. The lowest BCUT2D eigenvalue weighted by Crippen LogP contribution is -2.42. The van der Waals surface area contributed by atoms with Gasteiger partial charge in [-0.3, -0.25) is 9.69 Å². The van der Waals surface area contributed by atoms with E-state index in [1.807, 2.05) is 42.5 Å². The summed E-state index contributed by atoms with van der Waals surface area (Å²) in [6, 6.07) is 34.7. The fourth-order valence-corrected chi connectivity index (χ4v) is 6.37. The van der Waals surface area contributed by atoms with Crippen molar-refractivity contribution in [2.24, 2.45) is 0 Å². The van der Waals surface area contributed by atoms with Crippen LogP contribution in [0.4, 0.5) is 5.69 Å². The molecule has 1 atom stereocenters. The maximum Gasteiger partial charge on any atom is 0.326 e. The fraction of sp³-hybridized carbons (Fsp3) is 0.231. The van der Waals surface area contributed by atoms with Gasteiger partial charge in [0.25, 0.3) is 5.91 Å². The summed E-state index contributed by atoms with van der Waals surface area (Å²) in [5.41, 5.74) is 6.32. The van der Waals surface area contributed by atoms with Gasteiger partial charge in [0, 0.05) is 30.2 Å². The highest BCUT2D eigenvalue weighted by Crippen LogP contribution is 2.27. The Morgan fingerprint density at radius 1 is 0.783 bits per heavy atom. The van der Waals surface area contributed by atoms with Crippen LogP contribution in [-0.4, -0.2) is 41.0 Å². The Morgan fingerprint density at radius 2 is 1.50 bits per heavy atom. The minimum absolute atomic E-state index is 0.150. The highest BCUT2D eigenvalue weighted by atomic mass is 35.5. The average Bonchev–Trinajstić information content (AvgIpc) is 3.08. The molecule has 6 rings (SSSR count). The number of fused-ring (bicyclic) bond motifs is 1. The van der Waals surface area contributed by atoms with Gasteiger partial charge in [0.1, 0.15) is 6.04 Å². The van der Waals surface area contributed by atoms with Crippen molar-refractivity contribution in [2.75, 3.05) is 18.4 Å². The highest BCUT2D eigenvalue weighted by Gasteiger charge is 2.23. The number of carboxylic acids is 1. The molecular formula is C39H38ClN3O3. The Labute approximate surface area is 275 Å². The van der Waals surface area contributed by atoms with Crippen molar-refractivity contribution in [3.63, 3.8) is 0 Å². The maximum atomic E-state index is 13.5. The molecule has 0 radical (unpaired) electrons. The molecule has 5 aromatic carbocycles. The zero-order valence-electron chi connectivity index (χ0n) is 25.7. The third-order valence-electron chi connectivity index (χ3n) is 8.69. The van der Waals surface area contributed by atoms with Gasteiger partial charge >= 0.3 is 5.97 Å². The van der Waals surface area contributed by atoms with Crippen molar-refractivity contribution < 1.29 is 14.7 Å². The van der Waals surface area contributed by atoms with Gasteiger partial charge in [-0.1, -0.05) is 103 Å². The first-order chi connectivity index (χ1) is 22.4. The number of amides is 1. The van der Waals surface area contributed by atoms with Crippen LogP contribution in [0, 0.1) is 0 Å². The van der Waals surface area contributed by atoms with Gasteiger partial charge in [-0.25, -0.2) is 4.79 Å². The van der Waals surface area contributed by atoms with E-state index in [1.54, 1.807) is 18.2 Å². The number of nitrogens with one attached hydrogen (secondary N) is 2. The average molecular weight is 632 g/mol. The summed E-state index contributed by atoms with van der Waals surface area (Å²) in [6.07, 6.45) is 3.95. The van der Waals surface area contributed by atoms with Crippen LogP contribution in [0.1, 0.15) is 46.3 Å². The van der Waals surface area contributed by atoms with Gasteiger partial charge in [0.2, 0.25) is 0 Å². The molecule has 1 aliphatic heterocycles. The molecule has 7 heteroatoms. The molecule has 1 heterocycles. The first-order valence-electron chi connectivity index (χ1n) is 15.9. The van der Waals surface area contributed by atoms with E-state index in [2.05, 4.69) is 64.1 Å². The summed E-state index contributed by atoms with van der Waals surface area (Å²) in [5.74, 6) is -1.60. The Bertz CT molecular complexity index is 1830. The lowest BCUT2D eigenvalue weighted by atomic mass is 9.96. The zero-order chi connectivity index (χ0) is 31.9. The van der Waals surface area contributed by atoms with Crippen molar-refractivity contribution in [1.82, 2.24) is 10.2 Å². The van der Waals surface area contributed by atoms with Crippen LogP contribution in [-0.2, 0) is 24.3 Å². The summed E-state index contributed by atoms with van der Waals surface area (Å²) >= 11 is 6.28. The summed E-state index contributed by atoms with van der Waals surface area (Å²) in [5, 5.41) is 18.8. The summed E-state index contributed by atoms with van der Waals surface area (Å²) in [6.45, 7) is 3.68. The second-order valence-corrected chi connectivity index (χ2v) is 12.4. The Hall–Kier alpha value is -4.65. The minimum atomic E-state index is -1.11. The molecule has 1 saturated heterocycles. The molecule has 6 nitrogen and oxygen atoms in total. The minimum Gasteiger partial charge on any atom is -0.480 e. The molecule has 5 aromatic rings. The largest absolute Gasteiger partial charge is 0.480 e. The first kappa shape index (κ1) is 31.3. The number of hydrogen-bond donors (Lipinski definition) is 3. The van der Waals surface area contributed by atoms with Gasteiger partial charge in [0.05, 0.1) is 5.56 Å². The van der Waals surface area contributed by atoms with Crippen LogP contribution in [0.2, 0.25) is 5.02 Å². The second kappa shape index (κ2) is 14.6. The predicted octanol–water partition coefficient (Wildman–Crippen LogP) is 8.18. The van der Waals surface area contributed by atoms with E-state index in [1.165, 1.54) is 30.4 Å². The number of likely N-dealkylation sites (tertiary alicyclic amines) is 1. The number of carbonyl (C=O) groups is 2. The molecule has 0 aliphatic carbocycles. The van der Waals surface area contributed by atoms with Crippen molar-refractivity contribution in [1.29, 1.82) is 0 Å². The van der Waals surface area contributed by atoms with Gasteiger partial charge < -0.3 is 15.7 Å². The molecule has 0 saturated carbocycles. The number of carbonyl (C=O) groups excluding carboxylic acids is 1. The fourth-order valence-electron chi connectivity index (χ4n) is 6.19. The summed E-state index contributed by atoms with van der Waals surface area (Å²) in [4.78, 5) is 28.3. The first-order valence-corrected chi connectivity index (χ1v) is 16.2. The van der Waals surface area contributed by atoms with E-state index in [9.17, 15) is 14.7 Å². The van der Waals surface area contributed by atoms with Gasteiger partial charge in [0.15, 0.2) is 0 Å².